The van der Waals surface area contributed by atoms with Crippen molar-refractivity contribution >= 4 is 17.1 Å². The molecule has 36 heavy (non-hydrogen) atoms. The molecule has 0 aliphatic carbocycles. The summed E-state index contributed by atoms with van der Waals surface area (Å²) in [6, 6.07) is 13.7. The van der Waals surface area contributed by atoms with Gasteiger partial charge < -0.3 is 23.4 Å². The molecule has 1 atom stereocenters. The lowest BCUT2D eigenvalue weighted by molar-refractivity contribution is -0.148. The molecule has 9 heteroatoms. The van der Waals surface area contributed by atoms with Gasteiger partial charge in [0.1, 0.15) is 35.6 Å². The number of hydrogen-bond donors (Lipinski definition) is 0. The minimum atomic E-state index is -0.422. The fraction of sp³-hybridized carbons (Fsp3) is 0.296. The number of rotatable bonds is 11. The molecule has 0 aliphatic rings. The van der Waals surface area contributed by atoms with Gasteiger partial charge in [0, 0.05) is 11.5 Å². The van der Waals surface area contributed by atoms with Crippen LogP contribution >= 0.6 is 0 Å². The number of hydrogen-bond acceptors (Lipinski definition) is 8. The SMILES string of the molecule is CCOC(=O)COCC(C)COc1ncnc2oc(-c3ccccc3F)c(-c3ccc(OC)cc3)c12. The quantitative estimate of drug-likeness (QED) is 0.259. The summed E-state index contributed by atoms with van der Waals surface area (Å²) in [5.74, 6) is 0.425. The molecule has 0 amide bonds. The minimum absolute atomic E-state index is 0.0492. The Kier molecular flexibility index (Phi) is 8.12. The Morgan fingerprint density at radius 3 is 2.58 bits per heavy atom. The fourth-order valence-electron chi connectivity index (χ4n) is 3.70. The summed E-state index contributed by atoms with van der Waals surface area (Å²) in [7, 11) is 1.59. The van der Waals surface area contributed by atoms with Crippen molar-refractivity contribution in [2.24, 2.45) is 5.92 Å². The topological polar surface area (TPSA) is 92.9 Å². The number of halogens is 1. The van der Waals surface area contributed by atoms with E-state index in [9.17, 15) is 9.18 Å². The maximum atomic E-state index is 14.8. The summed E-state index contributed by atoms with van der Waals surface area (Å²) in [6.07, 6.45) is 1.34. The Balaban J connectivity index is 1.67. The van der Waals surface area contributed by atoms with Gasteiger partial charge in [-0.25, -0.2) is 19.2 Å². The lowest BCUT2D eigenvalue weighted by Crippen LogP contribution is -2.19. The third-order valence-electron chi connectivity index (χ3n) is 5.38. The zero-order chi connectivity index (χ0) is 25.5. The van der Waals surface area contributed by atoms with Crippen LogP contribution < -0.4 is 9.47 Å². The summed E-state index contributed by atoms with van der Waals surface area (Å²) in [5.41, 5.74) is 1.95. The second-order valence-corrected chi connectivity index (χ2v) is 8.11. The molecule has 0 radical (unpaired) electrons. The van der Waals surface area contributed by atoms with Gasteiger partial charge >= 0.3 is 5.97 Å². The lowest BCUT2D eigenvalue weighted by atomic mass is 9.99. The van der Waals surface area contributed by atoms with E-state index in [1.54, 1.807) is 32.2 Å². The molecule has 0 fully saturated rings. The molecule has 4 aromatic rings. The maximum absolute atomic E-state index is 14.8. The molecule has 188 valence electrons. The highest BCUT2D eigenvalue weighted by Crippen LogP contribution is 2.44. The number of methoxy groups -OCH3 is 1. The van der Waals surface area contributed by atoms with Gasteiger partial charge in [-0.05, 0) is 36.8 Å². The molecule has 2 heterocycles. The Labute approximate surface area is 208 Å². The van der Waals surface area contributed by atoms with E-state index >= 15 is 0 Å². The van der Waals surface area contributed by atoms with Gasteiger partial charge in [-0.3, -0.25) is 0 Å². The highest BCUT2D eigenvalue weighted by Gasteiger charge is 2.25. The number of benzene rings is 2. The van der Waals surface area contributed by atoms with Crippen molar-refractivity contribution in [3.8, 4) is 34.1 Å². The van der Waals surface area contributed by atoms with Crippen LogP contribution in [0.1, 0.15) is 13.8 Å². The number of ether oxygens (including phenoxy) is 4. The van der Waals surface area contributed by atoms with E-state index < -0.39 is 11.8 Å². The second kappa shape index (κ2) is 11.6. The van der Waals surface area contributed by atoms with Crippen molar-refractivity contribution in [1.82, 2.24) is 9.97 Å². The monoisotopic (exact) mass is 494 g/mol. The molecule has 1 unspecified atom stereocenters. The Hall–Kier alpha value is -3.98. The van der Waals surface area contributed by atoms with Crippen LogP contribution in [0.15, 0.2) is 59.3 Å². The minimum Gasteiger partial charge on any atom is -0.497 e. The van der Waals surface area contributed by atoms with Crippen LogP contribution in [0.4, 0.5) is 4.39 Å². The first-order valence-electron chi connectivity index (χ1n) is 11.5. The normalized spacial score (nSPS) is 11.9. The average Bonchev–Trinajstić information content (AvgIpc) is 3.28. The zero-order valence-electron chi connectivity index (χ0n) is 20.3. The van der Waals surface area contributed by atoms with Gasteiger partial charge in [0.25, 0.3) is 0 Å². The van der Waals surface area contributed by atoms with Crippen LogP contribution in [-0.4, -0.2) is 49.5 Å². The maximum Gasteiger partial charge on any atom is 0.332 e. The van der Waals surface area contributed by atoms with E-state index in [0.29, 0.717) is 47.1 Å². The van der Waals surface area contributed by atoms with Gasteiger partial charge in [-0.15, -0.1) is 0 Å². The van der Waals surface area contributed by atoms with Crippen molar-refractivity contribution in [2.45, 2.75) is 13.8 Å². The standard InChI is InChI=1S/C27H27FN2O6/c1-4-34-22(31)15-33-13-17(2)14-35-26-24-23(18-9-11-19(32-3)12-10-18)25(36-27(24)30-16-29-26)20-7-5-6-8-21(20)28/h5-12,16-17H,4,13-15H2,1-3H3. The van der Waals surface area contributed by atoms with Crippen molar-refractivity contribution in [3.63, 3.8) is 0 Å². The number of carbonyl (C=O) groups is 1. The van der Waals surface area contributed by atoms with Crippen molar-refractivity contribution in [1.29, 1.82) is 0 Å². The third kappa shape index (κ3) is 5.63. The zero-order valence-corrected chi connectivity index (χ0v) is 20.3. The smallest absolute Gasteiger partial charge is 0.332 e. The number of nitrogens with zero attached hydrogens (tertiary/aromatic N) is 2. The van der Waals surface area contributed by atoms with Gasteiger partial charge in [0.05, 0.1) is 32.5 Å². The van der Waals surface area contributed by atoms with E-state index in [1.807, 2.05) is 31.2 Å². The molecule has 4 rings (SSSR count). The fourth-order valence-corrected chi connectivity index (χ4v) is 3.70. The van der Waals surface area contributed by atoms with Gasteiger partial charge in [0.15, 0.2) is 0 Å². The average molecular weight is 495 g/mol. The van der Waals surface area contributed by atoms with Crippen molar-refractivity contribution in [2.75, 3.05) is 33.5 Å². The number of fused-ring (bicyclic) bond motifs is 1. The van der Waals surface area contributed by atoms with E-state index in [2.05, 4.69) is 9.97 Å². The van der Waals surface area contributed by atoms with Gasteiger partial charge in [-0.1, -0.05) is 31.2 Å². The molecule has 0 saturated heterocycles. The number of aromatic nitrogens is 2. The molecule has 0 spiro atoms. The molecule has 2 aromatic heterocycles. The first kappa shape index (κ1) is 25.1. The Morgan fingerprint density at radius 2 is 1.86 bits per heavy atom. The van der Waals surface area contributed by atoms with Crippen LogP contribution in [0.3, 0.4) is 0 Å². The number of esters is 1. The molecular weight excluding hydrogens is 467 g/mol. The third-order valence-corrected chi connectivity index (χ3v) is 5.38. The van der Waals surface area contributed by atoms with Crippen LogP contribution in [0.25, 0.3) is 33.6 Å². The molecule has 0 bridgehead atoms. The summed E-state index contributed by atoms with van der Waals surface area (Å²) < 4.78 is 42.5. The van der Waals surface area contributed by atoms with Crippen LogP contribution in [-0.2, 0) is 14.3 Å². The van der Waals surface area contributed by atoms with E-state index in [4.69, 9.17) is 23.4 Å². The molecular formula is C27H27FN2O6. The number of furan rings is 1. The van der Waals surface area contributed by atoms with Crippen molar-refractivity contribution < 1.29 is 32.5 Å². The lowest BCUT2D eigenvalue weighted by Gasteiger charge is -2.13. The summed E-state index contributed by atoms with van der Waals surface area (Å²) in [6.45, 7) is 4.41. The summed E-state index contributed by atoms with van der Waals surface area (Å²) in [5, 5.41) is 0.528. The van der Waals surface area contributed by atoms with Crippen LogP contribution in [0.5, 0.6) is 11.6 Å². The Morgan fingerprint density at radius 1 is 1.08 bits per heavy atom. The highest BCUT2D eigenvalue weighted by atomic mass is 19.1. The second-order valence-electron chi connectivity index (χ2n) is 8.11. The predicted octanol–water partition coefficient (Wildman–Crippen LogP) is 5.30. The first-order chi connectivity index (χ1) is 17.5. The summed E-state index contributed by atoms with van der Waals surface area (Å²) in [4.78, 5) is 20.1. The highest BCUT2D eigenvalue weighted by molar-refractivity contribution is 6.03. The largest absolute Gasteiger partial charge is 0.497 e. The molecule has 8 nitrogen and oxygen atoms in total. The van der Waals surface area contributed by atoms with Gasteiger partial charge in [-0.2, -0.15) is 0 Å². The number of carbonyl (C=O) groups excluding carboxylic acids is 1. The van der Waals surface area contributed by atoms with E-state index in [-0.39, 0.29) is 24.8 Å². The molecule has 2 aromatic carbocycles. The van der Waals surface area contributed by atoms with Crippen molar-refractivity contribution in [3.05, 3.63) is 60.7 Å². The van der Waals surface area contributed by atoms with E-state index in [1.165, 1.54) is 12.4 Å². The molecule has 0 saturated carbocycles. The summed E-state index contributed by atoms with van der Waals surface area (Å²) >= 11 is 0. The Bertz CT molecular complexity index is 1320. The predicted molar refractivity (Wildman–Crippen MR) is 131 cm³/mol. The van der Waals surface area contributed by atoms with E-state index in [0.717, 1.165) is 5.56 Å². The molecule has 0 N–H and O–H groups in total. The van der Waals surface area contributed by atoms with Crippen LogP contribution in [0, 0.1) is 11.7 Å². The van der Waals surface area contributed by atoms with Crippen LogP contribution in [0.2, 0.25) is 0 Å². The van der Waals surface area contributed by atoms with Gasteiger partial charge in [0.2, 0.25) is 11.6 Å². The molecule has 0 aliphatic heterocycles. The first-order valence-corrected chi connectivity index (χ1v) is 11.5.